The molecule has 0 radical (unpaired) electrons. The number of halogens is 2. The minimum atomic E-state index is -1.20. The van der Waals surface area contributed by atoms with Gasteiger partial charge in [0.2, 0.25) is 5.75 Å². The molecule has 3 amide bonds. The molecule has 3 aliphatic heterocycles. The maximum Gasteiger partial charge on any atom is 0.311 e. The van der Waals surface area contributed by atoms with Crippen LogP contribution in [0.3, 0.4) is 0 Å². The number of nitrogens with zero attached hydrogens (tertiary/aromatic N) is 4. The van der Waals surface area contributed by atoms with Crippen molar-refractivity contribution >= 4 is 29.3 Å². The fraction of sp³-hybridized carbons (Fsp3) is 0.536. The predicted molar refractivity (Wildman–Crippen MR) is 148 cm³/mol. The fourth-order valence-electron chi connectivity index (χ4n) is 6.36. The van der Waals surface area contributed by atoms with Gasteiger partial charge < -0.3 is 25.5 Å². The Hall–Kier alpha value is -3.51. The van der Waals surface area contributed by atoms with Crippen molar-refractivity contribution < 1.29 is 23.9 Å². The van der Waals surface area contributed by atoms with Crippen molar-refractivity contribution in [1.29, 1.82) is 0 Å². The number of likely N-dealkylation sites (tertiary alicyclic amines) is 1. The van der Waals surface area contributed by atoms with Crippen LogP contribution < -0.4 is 16.2 Å². The van der Waals surface area contributed by atoms with Crippen LogP contribution in [0.25, 0.3) is 0 Å². The highest BCUT2D eigenvalue weighted by Crippen LogP contribution is 2.50. The van der Waals surface area contributed by atoms with Crippen molar-refractivity contribution in [2.75, 3.05) is 33.7 Å². The van der Waals surface area contributed by atoms with Crippen molar-refractivity contribution in [3.8, 4) is 5.75 Å². The third-order valence-corrected chi connectivity index (χ3v) is 8.92. The van der Waals surface area contributed by atoms with Crippen molar-refractivity contribution in [3.05, 3.63) is 56.5 Å². The number of carbonyl (C=O) groups excluding carboxylic acids is 3. The van der Waals surface area contributed by atoms with E-state index in [1.165, 1.54) is 36.9 Å². The zero-order chi connectivity index (χ0) is 29.5. The van der Waals surface area contributed by atoms with Crippen LogP contribution in [0.1, 0.15) is 60.4 Å². The van der Waals surface area contributed by atoms with Crippen LogP contribution in [0.5, 0.6) is 5.75 Å². The lowest BCUT2D eigenvalue weighted by molar-refractivity contribution is -0.145. The minimum absolute atomic E-state index is 0.107. The molecule has 6 rings (SSSR count). The number of carbonyl (C=O) groups is 3. The van der Waals surface area contributed by atoms with E-state index in [9.17, 15) is 28.7 Å². The van der Waals surface area contributed by atoms with E-state index in [0.717, 1.165) is 37.4 Å². The lowest BCUT2D eigenvalue weighted by atomic mass is 9.68. The monoisotopic (exact) mass is 588 g/mol. The average molecular weight is 589 g/mol. The van der Waals surface area contributed by atoms with E-state index >= 15 is 0 Å². The van der Waals surface area contributed by atoms with E-state index in [0.29, 0.717) is 25.7 Å². The molecule has 3 N–H and O–H groups in total. The Morgan fingerprint density at radius 1 is 1.15 bits per heavy atom. The molecule has 11 nitrogen and oxygen atoms in total. The zero-order valence-corrected chi connectivity index (χ0v) is 23.9. The van der Waals surface area contributed by atoms with Crippen molar-refractivity contribution in [3.63, 3.8) is 0 Å². The standard InChI is InChI=1S/C28H34ClFN6O5/c1-34(2)25(41)23(39)33-28-10-8-27(9-11-28,15-35-12-3-4-13-35)16-36-24(40)21(37)20(32-26(28)36)22(38)31-14-17-6-5-7-18(29)19(17)30/h5-7,37H,3-4,8-16H2,1-2H3,(H,31,38)(H,33,39). The summed E-state index contributed by atoms with van der Waals surface area (Å²) in [5.74, 6) is -3.90. The summed E-state index contributed by atoms with van der Waals surface area (Å²) < 4.78 is 15.7. The lowest BCUT2D eigenvalue weighted by Gasteiger charge is -2.43. The lowest BCUT2D eigenvalue weighted by Crippen LogP contribution is -2.54. The molecule has 4 aliphatic rings. The van der Waals surface area contributed by atoms with E-state index in [1.54, 1.807) is 0 Å². The molecule has 41 heavy (non-hydrogen) atoms. The highest BCUT2D eigenvalue weighted by molar-refractivity contribution is 6.35. The topological polar surface area (TPSA) is 137 Å². The maximum absolute atomic E-state index is 14.4. The van der Waals surface area contributed by atoms with Gasteiger partial charge in [-0.1, -0.05) is 23.7 Å². The summed E-state index contributed by atoms with van der Waals surface area (Å²) in [6.45, 7) is 2.70. The Morgan fingerprint density at radius 2 is 1.83 bits per heavy atom. The third-order valence-electron chi connectivity index (χ3n) is 8.63. The first-order valence-corrected chi connectivity index (χ1v) is 14.1. The van der Waals surface area contributed by atoms with Gasteiger partial charge in [0, 0.05) is 44.7 Å². The number of amides is 3. The summed E-state index contributed by atoms with van der Waals surface area (Å²) in [6.07, 6.45) is 4.33. The Bertz CT molecular complexity index is 1450. The van der Waals surface area contributed by atoms with Crippen molar-refractivity contribution in [1.82, 2.24) is 30.0 Å². The Labute approximate surface area is 241 Å². The number of rotatable bonds is 6. The second-order valence-electron chi connectivity index (χ2n) is 11.6. The summed E-state index contributed by atoms with van der Waals surface area (Å²) in [4.78, 5) is 60.4. The van der Waals surface area contributed by atoms with Crippen LogP contribution in [0.4, 0.5) is 4.39 Å². The molecule has 220 valence electrons. The zero-order valence-electron chi connectivity index (χ0n) is 23.1. The van der Waals surface area contributed by atoms with E-state index in [2.05, 4.69) is 20.5 Å². The average Bonchev–Trinajstić information content (AvgIpc) is 3.37. The predicted octanol–water partition coefficient (Wildman–Crippen LogP) is 1.74. The first-order valence-electron chi connectivity index (χ1n) is 13.8. The van der Waals surface area contributed by atoms with Gasteiger partial charge in [-0.05, 0) is 57.7 Å². The first kappa shape index (κ1) is 29.0. The molecule has 1 saturated heterocycles. The van der Waals surface area contributed by atoms with Crippen LogP contribution in [-0.4, -0.2) is 75.9 Å². The molecule has 1 aromatic carbocycles. The SMILES string of the molecule is CN(C)C(=O)C(=O)NC12CCC(CN3CCCC3)(CC1)Cn1c2nc(C(=O)NCc2cccc(Cl)c2F)c(O)c1=O. The van der Waals surface area contributed by atoms with Gasteiger partial charge in [-0.25, -0.2) is 9.37 Å². The van der Waals surface area contributed by atoms with Crippen LogP contribution >= 0.6 is 11.6 Å². The summed E-state index contributed by atoms with van der Waals surface area (Å²) in [5, 5.41) is 16.1. The normalized spacial score (nSPS) is 23.5. The molecule has 1 saturated carbocycles. The number of aromatic nitrogens is 2. The molecule has 2 aromatic rings. The number of fused-ring (bicyclic) bond motifs is 2. The third kappa shape index (κ3) is 5.42. The summed E-state index contributed by atoms with van der Waals surface area (Å²) in [6, 6.07) is 4.36. The van der Waals surface area contributed by atoms with Gasteiger partial charge in [0.1, 0.15) is 11.6 Å². The molecule has 0 atom stereocenters. The first-order chi connectivity index (χ1) is 19.5. The molecule has 1 aliphatic carbocycles. The van der Waals surface area contributed by atoms with Crippen LogP contribution in [0.2, 0.25) is 5.02 Å². The maximum atomic E-state index is 14.4. The quantitative estimate of drug-likeness (QED) is 0.437. The van der Waals surface area contributed by atoms with E-state index in [4.69, 9.17) is 11.6 Å². The number of aromatic hydroxyl groups is 1. The van der Waals surface area contributed by atoms with Gasteiger partial charge in [0.05, 0.1) is 10.6 Å². The highest BCUT2D eigenvalue weighted by atomic mass is 35.5. The Balaban J connectivity index is 1.53. The van der Waals surface area contributed by atoms with Crippen molar-refractivity contribution in [2.24, 2.45) is 5.41 Å². The van der Waals surface area contributed by atoms with Gasteiger partial charge in [0.25, 0.3) is 11.5 Å². The molecular weight excluding hydrogens is 555 g/mol. The molecule has 2 bridgehead atoms. The summed E-state index contributed by atoms with van der Waals surface area (Å²) in [7, 11) is 2.93. The second kappa shape index (κ2) is 11.1. The van der Waals surface area contributed by atoms with E-state index in [1.807, 2.05) is 0 Å². The van der Waals surface area contributed by atoms with Gasteiger partial charge in [0.15, 0.2) is 5.69 Å². The van der Waals surface area contributed by atoms with E-state index < -0.39 is 46.1 Å². The molecule has 1 aromatic heterocycles. The molecule has 4 heterocycles. The van der Waals surface area contributed by atoms with Crippen LogP contribution in [0, 0.1) is 11.2 Å². The van der Waals surface area contributed by atoms with E-state index in [-0.39, 0.29) is 34.9 Å². The van der Waals surface area contributed by atoms with Crippen LogP contribution in [0.15, 0.2) is 23.0 Å². The van der Waals surface area contributed by atoms with Gasteiger partial charge >= 0.3 is 11.8 Å². The fourth-order valence-corrected chi connectivity index (χ4v) is 6.56. The second-order valence-corrected chi connectivity index (χ2v) is 12.0. The van der Waals surface area contributed by atoms with Crippen molar-refractivity contribution in [2.45, 2.75) is 57.2 Å². The Kier molecular flexibility index (Phi) is 7.82. The molecule has 0 unspecified atom stereocenters. The van der Waals surface area contributed by atoms with Gasteiger partial charge in [-0.2, -0.15) is 0 Å². The largest absolute Gasteiger partial charge is 0.501 e. The smallest absolute Gasteiger partial charge is 0.311 e. The number of hydrogen-bond acceptors (Lipinski definition) is 7. The number of hydrogen-bond donors (Lipinski definition) is 3. The number of likely N-dealkylation sites (N-methyl/N-ethyl adjacent to an activating group) is 1. The number of benzene rings is 1. The Morgan fingerprint density at radius 3 is 2.49 bits per heavy atom. The molecule has 2 fully saturated rings. The molecule has 0 spiro atoms. The van der Waals surface area contributed by atoms with Gasteiger partial charge in [-0.15, -0.1) is 0 Å². The summed E-state index contributed by atoms with van der Waals surface area (Å²) in [5.41, 5.74) is -2.72. The molecule has 13 heteroatoms. The van der Waals surface area contributed by atoms with Gasteiger partial charge in [-0.3, -0.25) is 23.7 Å². The highest BCUT2D eigenvalue weighted by Gasteiger charge is 2.52. The number of nitrogens with one attached hydrogen (secondary N) is 2. The van der Waals surface area contributed by atoms with Crippen LogP contribution in [-0.2, 0) is 28.2 Å². The summed E-state index contributed by atoms with van der Waals surface area (Å²) >= 11 is 5.84. The molecular formula is C28H34ClFN6O5. The minimum Gasteiger partial charge on any atom is -0.501 e.